The fraction of sp³-hybridized carbons (Fsp3) is 0.484. The summed E-state index contributed by atoms with van der Waals surface area (Å²) in [6.45, 7) is 1.93. The number of benzene rings is 2. The molecule has 39 heavy (non-hydrogen) atoms. The molecule has 2 aromatic rings. The SMILES string of the molecule is CN(C(=O)/C=C/c1cccc(N=C=S)c1)C1CCC2(O)[C@H]3Cc4ccc(O)c5c4[C@@]2(CCN3CC2CC2)C1O5. The summed E-state index contributed by atoms with van der Waals surface area (Å²) in [6, 6.07) is 11.0. The standard InChI is InChI=1S/C31H33N3O4S/c1-33(26(36)10-7-19-3-2-4-22(15-19)32-18-39)23-11-12-31(37)25-16-21-8-9-24(35)28-27(21)30(31,29(23)38-28)13-14-34(25)17-20-5-6-20/h2-4,7-10,15,20,23,25,29,35,37H,5-6,11-14,16-17H2,1H3/b10-7+/t23?,25-,29?,30+,31?/m1/s1. The molecule has 5 aliphatic rings. The van der Waals surface area contributed by atoms with Crippen molar-refractivity contribution >= 4 is 35.0 Å². The summed E-state index contributed by atoms with van der Waals surface area (Å²) >= 11 is 4.70. The molecule has 2 N–H and O–H groups in total. The van der Waals surface area contributed by atoms with E-state index in [1.165, 1.54) is 12.8 Å². The van der Waals surface area contributed by atoms with Crippen LogP contribution in [0.3, 0.4) is 0 Å². The molecule has 2 bridgehead atoms. The number of likely N-dealkylation sites (N-methyl/N-ethyl adjacent to an activating group) is 1. The van der Waals surface area contributed by atoms with Crippen LogP contribution in [0.1, 0.15) is 48.8 Å². The van der Waals surface area contributed by atoms with E-state index >= 15 is 0 Å². The van der Waals surface area contributed by atoms with Crippen LogP contribution in [0.2, 0.25) is 0 Å². The predicted octanol–water partition coefficient (Wildman–Crippen LogP) is 4.23. The van der Waals surface area contributed by atoms with Crippen molar-refractivity contribution in [3.8, 4) is 11.5 Å². The molecule has 7 rings (SSSR count). The quantitative estimate of drug-likeness (QED) is 0.322. The predicted molar refractivity (Wildman–Crippen MR) is 152 cm³/mol. The Morgan fingerprint density at radius 1 is 1.28 bits per heavy atom. The number of rotatable bonds is 6. The minimum absolute atomic E-state index is 0.0186. The van der Waals surface area contributed by atoms with Crippen molar-refractivity contribution in [2.24, 2.45) is 10.9 Å². The smallest absolute Gasteiger partial charge is 0.246 e. The molecule has 3 fully saturated rings. The zero-order chi connectivity index (χ0) is 26.9. The number of phenolic OH excluding ortho intramolecular Hbond substituents is 1. The van der Waals surface area contributed by atoms with E-state index in [9.17, 15) is 15.0 Å². The molecule has 8 heteroatoms. The molecule has 3 aliphatic carbocycles. The Morgan fingerprint density at radius 2 is 2.13 bits per heavy atom. The lowest BCUT2D eigenvalue weighted by Crippen LogP contribution is -2.78. The molecule has 7 nitrogen and oxygen atoms in total. The van der Waals surface area contributed by atoms with E-state index in [2.05, 4.69) is 15.1 Å². The Hall–Kier alpha value is -3.03. The van der Waals surface area contributed by atoms with E-state index in [1.807, 2.05) is 37.4 Å². The number of carbonyl (C=O) groups excluding carboxylic acids is 1. The molecule has 2 saturated carbocycles. The van der Waals surface area contributed by atoms with Gasteiger partial charge >= 0.3 is 0 Å². The van der Waals surface area contributed by atoms with Gasteiger partial charge in [0.15, 0.2) is 11.5 Å². The number of hydrogen-bond donors (Lipinski definition) is 2. The molecule has 0 aromatic heterocycles. The van der Waals surface area contributed by atoms with Crippen LogP contribution < -0.4 is 4.74 Å². The average molecular weight is 544 g/mol. The van der Waals surface area contributed by atoms with Gasteiger partial charge in [-0.25, -0.2) is 0 Å². The van der Waals surface area contributed by atoms with Gasteiger partial charge in [0.05, 0.1) is 27.9 Å². The molecular weight excluding hydrogens is 510 g/mol. The van der Waals surface area contributed by atoms with E-state index < -0.39 is 17.1 Å². The van der Waals surface area contributed by atoms with Gasteiger partial charge in [0.1, 0.15) is 6.10 Å². The van der Waals surface area contributed by atoms with E-state index in [4.69, 9.17) is 17.0 Å². The fourth-order valence-corrected chi connectivity index (χ4v) is 8.16. The Bertz CT molecular complexity index is 1430. The second kappa shape index (κ2) is 9.00. The maximum absolute atomic E-state index is 13.5. The number of ether oxygens (including phenoxy) is 1. The highest BCUT2D eigenvalue weighted by Crippen LogP contribution is 2.66. The summed E-state index contributed by atoms with van der Waals surface area (Å²) in [7, 11) is 1.82. The molecule has 202 valence electrons. The van der Waals surface area contributed by atoms with Gasteiger partial charge in [-0.1, -0.05) is 18.2 Å². The van der Waals surface area contributed by atoms with Crippen molar-refractivity contribution in [3.05, 3.63) is 59.2 Å². The van der Waals surface area contributed by atoms with Crippen LogP contribution in [0.4, 0.5) is 5.69 Å². The first-order chi connectivity index (χ1) is 18.9. The first kappa shape index (κ1) is 25.0. The lowest BCUT2D eigenvalue weighted by atomic mass is 9.48. The molecule has 2 aliphatic heterocycles. The van der Waals surface area contributed by atoms with E-state index in [0.717, 1.165) is 48.5 Å². The van der Waals surface area contributed by atoms with Crippen molar-refractivity contribution in [3.63, 3.8) is 0 Å². The van der Waals surface area contributed by atoms with Crippen molar-refractivity contribution in [1.82, 2.24) is 9.80 Å². The Labute approximate surface area is 233 Å². The summed E-state index contributed by atoms with van der Waals surface area (Å²) in [6.07, 6.45) is 8.23. The summed E-state index contributed by atoms with van der Waals surface area (Å²) in [4.78, 5) is 21.8. The lowest BCUT2D eigenvalue weighted by molar-refractivity contribution is -0.200. The second-order valence-electron chi connectivity index (χ2n) is 12.0. The minimum Gasteiger partial charge on any atom is -0.504 e. The van der Waals surface area contributed by atoms with Crippen molar-refractivity contribution in [2.75, 3.05) is 20.1 Å². The third-order valence-electron chi connectivity index (χ3n) is 10.0. The van der Waals surface area contributed by atoms with Crippen LogP contribution in [0, 0.1) is 5.92 Å². The fourth-order valence-electron chi connectivity index (χ4n) is 8.05. The largest absolute Gasteiger partial charge is 0.504 e. The number of hydrogen-bond acceptors (Lipinski definition) is 7. The van der Waals surface area contributed by atoms with Gasteiger partial charge in [0, 0.05) is 31.3 Å². The first-order valence-corrected chi connectivity index (χ1v) is 14.4. The maximum atomic E-state index is 13.5. The van der Waals surface area contributed by atoms with Crippen LogP contribution in [-0.4, -0.2) is 75.0 Å². The second-order valence-corrected chi connectivity index (χ2v) is 12.2. The topological polar surface area (TPSA) is 85.6 Å². The van der Waals surface area contributed by atoms with Gasteiger partial charge in [-0.2, -0.15) is 4.99 Å². The minimum atomic E-state index is -0.963. The zero-order valence-corrected chi connectivity index (χ0v) is 22.9. The number of aromatic hydroxyl groups is 1. The van der Waals surface area contributed by atoms with Crippen LogP contribution in [0.5, 0.6) is 11.5 Å². The average Bonchev–Trinajstić information content (AvgIpc) is 3.67. The first-order valence-electron chi connectivity index (χ1n) is 14.0. The molecule has 1 amide bonds. The molecule has 2 aromatic carbocycles. The van der Waals surface area contributed by atoms with Crippen molar-refractivity contribution in [1.29, 1.82) is 0 Å². The highest BCUT2D eigenvalue weighted by Gasteiger charge is 2.73. The molecular formula is C31H33N3O4S. The van der Waals surface area contributed by atoms with Crippen molar-refractivity contribution in [2.45, 2.75) is 67.7 Å². The molecule has 3 unspecified atom stereocenters. The van der Waals surface area contributed by atoms with Gasteiger partial charge in [-0.15, -0.1) is 0 Å². The number of aliphatic hydroxyl groups is 1. The summed E-state index contributed by atoms with van der Waals surface area (Å²) in [5, 5.41) is 25.8. The number of isothiocyanates is 1. The van der Waals surface area contributed by atoms with Crippen molar-refractivity contribution < 1.29 is 19.7 Å². The monoisotopic (exact) mass is 543 g/mol. The van der Waals surface area contributed by atoms with Gasteiger partial charge in [0.25, 0.3) is 0 Å². The zero-order valence-electron chi connectivity index (χ0n) is 22.0. The van der Waals surface area contributed by atoms with Crippen LogP contribution in [0.15, 0.2) is 47.5 Å². The van der Waals surface area contributed by atoms with Crippen LogP contribution in [-0.2, 0) is 16.6 Å². The van der Waals surface area contributed by atoms with Gasteiger partial charge in [0.2, 0.25) is 5.91 Å². The summed E-state index contributed by atoms with van der Waals surface area (Å²) < 4.78 is 6.62. The Morgan fingerprint density at radius 3 is 2.92 bits per heavy atom. The van der Waals surface area contributed by atoms with Crippen LogP contribution >= 0.6 is 12.2 Å². The summed E-state index contributed by atoms with van der Waals surface area (Å²) in [5.41, 5.74) is 2.06. The molecule has 2 heterocycles. The maximum Gasteiger partial charge on any atom is 0.246 e. The van der Waals surface area contributed by atoms with Gasteiger partial charge < -0.3 is 19.8 Å². The number of piperidine rings is 1. The third kappa shape index (κ3) is 3.66. The van der Waals surface area contributed by atoms with E-state index in [0.29, 0.717) is 24.3 Å². The van der Waals surface area contributed by atoms with Crippen LogP contribution in [0.25, 0.3) is 6.08 Å². The normalized spacial score (nSPS) is 32.3. The molecule has 5 atom stereocenters. The Kier molecular flexibility index (Phi) is 5.76. The number of nitrogens with zero attached hydrogens (tertiary/aromatic N) is 3. The number of amides is 1. The number of aliphatic imine (C=N–C) groups is 1. The Balaban J connectivity index is 1.22. The van der Waals surface area contributed by atoms with E-state index in [-0.39, 0.29) is 23.7 Å². The number of likely N-dealkylation sites (tertiary alicyclic amines) is 1. The number of carbonyl (C=O) groups is 1. The highest BCUT2D eigenvalue weighted by molar-refractivity contribution is 7.78. The number of thiocarbonyl (C=S) groups is 1. The summed E-state index contributed by atoms with van der Waals surface area (Å²) in [5.74, 6) is 1.23. The third-order valence-corrected chi connectivity index (χ3v) is 10.1. The van der Waals surface area contributed by atoms with E-state index in [1.54, 1.807) is 23.1 Å². The van der Waals surface area contributed by atoms with Gasteiger partial charge in [-0.3, -0.25) is 9.69 Å². The van der Waals surface area contributed by atoms with Gasteiger partial charge in [-0.05, 0) is 98.6 Å². The highest BCUT2D eigenvalue weighted by atomic mass is 32.1. The lowest BCUT2D eigenvalue weighted by Gasteiger charge is -2.64. The molecule has 0 radical (unpaired) electrons. The number of phenols is 1. The molecule has 1 spiro atoms. The molecule has 1 saturated heterocycles.